The van der Waals surface area contributed by atoms with Crippen molar-refractivity contribution in [2.45, 2.75) is 38.6 Å². The van der Waals surface area contributed by atoms with E-state index in [-0.39, 0.29) is 5.78 Å². The highest BCUT2D eigenvalue weighted by molar-refractivity contribution is 6.26. The summed E-state index contributed by atoms with van der Waals surface area (Å²) in [6.07, 6.45) is 6.28. The fourth-order valence-electron chi connectivity index (χ4n) is 1.29. The summed E-state index contributed by atoms with van der Waals surface area (Å²) in [5.74, 6) is -0.00417. The molecule has 3 heteroatoms. The first-order chi connectivity index (χ1) is 5.29. The molecule has 0 radical (unpaired) electrons. The molecular weight excluding hydrogens is 140 g/mol. The van der Waals surface area contributed by atoms with Gasteiger partial charge in [0.15, 0.2) is 5.78 Å². The number of Topliss-reactive ketones (excluding diaryl/α,β-unsaturated/α-hetero) is 1. The Morgan fingerprint density at radius 3 is 2.73 bits per heavy atom. The lowest BCUT2D eigenvalue weighted by Gasteiger charge is -2.05. The molecule has 0 saturated heterocycles. The smallest absolute Gasteiger partial charge is 0.172 e. The molecule has 0 aliphatic heterocycles. The Morgan fingerprint density at radius 1 is 1.55 bits per heavy atom. The minimum absolute atomic E-state index is 0.00417. The molecule has 0 spiro atoms. The van der Waals surface area contributed by atoms with E-state index in [0.717, 1.165) is 0 Å². The van der Waals surface area contributed by atoms with E-state index in [0.29, 0.717) is 6.04 Å². The molecule has 0 aromatic heterocycles. The molecule has 1 rings (SSSR count). The Hall–Kier alpha value is -0.860. The van der Waals surface area contributed by atoms with E-state index in [1.165, 1.54) is 38.8 Å². The zero-order valence-corrected chi connectivity index (χ0v) is 6.84. The van der Waals surface area contributed by atoms with Gasteiger partial charge in [0.25, 0.3) is 0 Å². The molecule has 0 bridgehead atoms. The largest absolute Gasteiger partial charge is 0.307 e. The van der Waals surface area contributed by atoms with Gasteiger partial charge in [-0.15, -0.1) is 0 Å². The molecule has 11 heavy (non-hydrogen) atoms. The summed E-state index contributed by atoms with van der Waals surface area (Å²) in [6, 6.07) is 0.505. The van der Waals surface area contributed by atoms with Crippen molar-refractivity contribution in [3.05, 3.63) is 0 Å². The van der Waals surface area contributed by atoms with E-state index in [1.807, 2.05) is 0 Å². The van der Waals surface area contributed by atoms with E-state index < -0.39 is 0 Å². The number of nitrogens with one attached hydrogen (secondary N) is 1. The van der Waals surface area contributed by atoms with Crippen molar-refractivity contribution in [3.8, 4) is 0 Å². The van der Waals surface area contributed by atoms with E-state index in [1.54, 1.807) is 0 Å². The van der Waals surface area contributed by atoms with Crippen LogP contribution >= 0.6 is 0 Å². The minimum atomic E-state index is -0.00417. The topological polar surface area (TPSA) is 41.5 Å². The van der Waals surface area contributed by atoms with Crippen molar-refractivity contribution in [1.82, 2.24) is 5.43 Å². The van der Waals surface area contributed by atoms with Gasteiger partial charge in [0.1, 0.15) is 0 Å². The van der Waals surface area contributed by atoms with Gasteiger partial charge >= 0.3 is 0 Å². The second-order valence-electron chi connectivity index (χ2n) is 2.98. The number of carbonyl (C=O) groups is 1. The monoisotopic (exact) mass is 154 g/mol. The van der Waals surface area contributed by atoms with Gasteiger partial charge in [-0.25, -0.2) is 0 Å². The lowest BCUT2D eigenvalue weighted by atomic mass is 10.3. The van der Waals surface area contributed by atoms with Crippen LogP contribution in [0.25, 0.3) is 0 Å². The number of carbonyl (C=O) groups excluding carboxylic acids is 1. The quantitative estimate of drug-likeness (QED) is 0.488. The molecule has 0 unspecified atom stereocenters. The molecule has 0 heterocycles. The fourth-order valence-corrected chi connectivity index (χ4v) is 1.29. The van der Waals surface area contributed by atoms with Gasteiger partial charge in [0.2, 0.25) is 0 Å². The van der Waals surface area contributed by atoms with Gasteiger partial charge in [-0.1, -0.05) is 12.8 Å². The minimum Gasteiger partial charge on any atom is -0.307 e. The Morgan fingerprint density at radius 2 is 2.18 bits per heavy atom. The molecule has 1 fully saturated rings. The normalized spacial score (nSPS) is 19.4. The molecule has 0 aromatic rings. The molecule has 0 amide bonds. The summed E-state index contributed by atoms with van der Waals surface area (Å²) in [5, 5.41) is 3.83. The maximum absolute atomic E-state index is 10.4. The number of hydrogen-bond acceptors (Lipinski definition) is 3. The third-order valence-electron chi connectivity index (χ3n) is 1.86. The highest BCUT2D eigenvalue weighted by Crippen LogP contribution is 2.17. The van der Waals surface area contributed by atoms with Crippen LogP contribution in [-0.4, -0.2) is 18.0 Å². The maximum atomic E-state index is 10.4. The first-order valence-corrected chi connectivity index (χ1v) is 4.08. The third kappa shape index (κ3) is 3.16. The Balaban J connectivity index is 2.15. The predicted molar refractivity (Wildman–Crippen MR) is 44.6 cm³/mol. The van der Waals surface area contributed by atoms with Crippen molar-refractivity contribution >= 4 is 12.0 Å². The number of nitrogens with zero attached hydrogens (tertiary/aromatic N) is 1. The van der Waals surface area contributed by atoms with Crippen LogP contribution in [-0.2, 0) is 4.79 Å². The van der Waals surface area contributed by atoms with Crippen molar-refractivity contribution in [1.29, 1.82) is 0 Å². The third-order valence-corrected chi connectivity index (χ3v) is 1.86. The molecule has 62 valence electrons. The Bertz CT molecular complexity index is 159. The molecule has 1 saturated carbocycles. The number of hydrogen-bond donors (Lipinski definition) is 1. The summed E-state index contributed by atoms with van der Waals surface area (Å²) in [6.45, 7) is 1.50. The van der Waals surface area contributed by atoms with Crippen molar-refractivity contribution in [2.24, 2.45) is 5.10 Å². The average molecular weight is 154 g/mol. The zero-order valence-electron chi connectivity index (χ0n) is 6.84. The summed E-state index contributed by atoms with van der Waals surface area (Å²) in [7, 11) is 0. The highest BCUT2D eigenvalue weighted by atomic mass is 16.1. The summed E-state index contributed by atoms with van der Waals surface area (Å²) < 4.78 is 0. The van der Waals surface area contributed by atoms with Crippen LogP contribution in [0.5, 0.6) is 0 Å². The molecular formula is C8H14N2O. The van der Waals surface area contributed by atoms with Gasteiger partial charge in [-0.2, -0.15) is 5.10 Å². The van der Waals surface area contributed by atoms with E-state index in [4.69, 9.17) is 0 Å². The van der Waals surface area contributed by atoms with E-state index >= 15 is 0 Å². The standard InChI is InChI=1S/C8H14N2O/c1-7(11)6-9-10-8-4-2-3-5-8/h6,8,10H,2-5H2,1H3/b9-6+. The van der Waals surface area contributed by atoms with Crippen LogP contribution in [0.15, 0.2) is 5.10 Å². The predicted octanol–water partition coefficient (Wildman–Crippen LogP) is 1.09. The lowest BCUT2D eigenvalue weighted by molar-refractivity contribution is -0.110. The van der Waals surface area contributed by atoms with Crippen molar-refractivity contribution < 1.29 is 4.79 Å². The van der Waals surface area contributed by atoms with Crippen molar-refractivity contribution in [3.63, 3.8) is 0 Å². The van der Waals surface area contributed by atoms with Crippen LogP contribution in [0.2, 0.25) is 0 Å². The fraction of sp³-hybridized carbons (Fsp3) is 0.750. The van der Waals surface area contributed by atoms with Gasteiger partial charge in [-0.3, -0.25) is 4.79 Å². The van der Waals surface area contributed by atoms with Gasteiger partial charge in [0, 0.05) is 13.0 Å². The second kappa shape index (κ2) is 4.11. The first kappa shape index (κ1) is 8.24. The summed E-state index contributed by atoms with van der Waals surface area (Å²) in [5.41, 5.74) is 2.96. The summed E-state index contributed by atoms with van der Waals surface area (Å²) >= 11 is 0. The van der Waals surface area contributed by atoms with Crippen LogP contribution in [0.1, 0.15) is 32.6 Å². The lowest BCUT2D eigenvalue weighted by Crippen LogP contribution is -2.20. The Labute approximate surface area is 66.9 Å². The molecule has 3 nitrogen and oxygen atoms in total. The van der Waals surface area contributed by atoms with Crippen LogP contribution in [0.3, 0.4) is 0 Å². The molecule has 0 aromatic carbocycles. The van der Waals surface area contributed by atoms with Crippen LogP contribution in [0, 0.1) is 0 Å². The number of rotatable bonds is 3. The number of hydrazone groups is 1. The van der Waals surface area contributed by atoms with Gasteiger partial charge in [0.05, 0.1) is 6.21 Å². The van der Waals surface area contributed by atoms with Crippen LogP contribution in [0.4, 0.5) is 0 Å². The maximum Gasteiger partial charge on any atom is 0.172 e. The average Bonchev–Trinajstić information content (AvgIpc) is 2.39. The summed E-state index contributed by atoms with van der Waals surface area (Å²) in [4.78, 5) is 10.4. The molecule has 1 N–H and O–H groups in total. The van der Waals surface area contributed by atoms with Gasteiger partial charge in [-0.05, 0) is 12.8 Å². The SMILES string of the molecule is CC(=O)/C=N/NC1CCCC1. The van der Waals surface area contributed by atoms with Gasteiger partial charge < -0.3 is 5.43 Å². The molecule has 1 aliphatic carbocycles. The van der Waals surface area contributed by atoms with Crippen LogP contribution < -0.4 is 5.43 Å². The number of ketones is 1. The second-order valence-corrected chi connectivity index (χ2v) is 2.98. The highest BCUT2D eigenvalue weighted by Gasteiger charge is 2.12. The molecule has 0 atom stereocenters. The zero-order chi connectivity index (χ0) is 8.10. The first-order valence-electron chi connectivity index (χ1n) is 4.08. The van der Waals surface area contributed by atoms with E-state index in [2.05, 4.69) is 10.5 Å². The molecule has 1 aliphatic rings. The van der Waals surface area contributed by atoms with E-state index in [9.17, 15) is 4.79 Å². The van der Waals surface area contributed by atoms with Crippen molar-refractivity contribution in [2.75, 3.05) is 0 Å². The Kier molecular flexibility index (Phi) is 3.08.